The molecule has 0 spiro atoms. The monoisotopic (exact) mass is 434 g/mol. The van der Waals surface area contributed by atoms with Crippen molar-refractivity contribution < 1.29 is 14.5 Å². The first kappa shape index (κ1) is 20.5. The van der Waals surface area contributed by atoms with Crippen LogP contribution in [0.3, 0.4) is 0 Å². The van der Waals surface area contributed by atoms with Gasteiger partial charge in [-0.15, -0.1) is 0 Å². The van der Waals surface area contributed by atoms with Crippen molar-refractivity contribution in [3.8, 4) is 0 Å². The zero-order valence-electron chi connectivity index (χ0n) is 17.9. The molecule has 0 radical (unpaired) electrons. The minimum absolute atomic E-state index is 0.0638. The molecule has 166 valence electrons. The van der Waals surface area contributed by atoms with E-state index < -0.39 is 4.92 Å². The Labute approximate surface area is 186 Å². The molecule has 2 saturated heterocycles. The van der Waals surface area contributed by atoms with Gasteiger partial charge in [-0.1, -0.05) is 31.0 Å². The Balaban J connectivity index is 1.38. The summed E-state index contributed by atoms with van der Waals surface area (Å²) in [6.45, 7) is 2.83. The number of hydrogen-bond donors (Lipinski definition) is 0. The lowest BCUT2D eigenvalue weighted by Gasteiger charge is -2.37. The molecule has 2 aromatic carbocycles. The van der Waals surface area contributed by atoms with Crippen LogP contribution in [0.25, 0.3) is 0 Å². The van der Waals surface area contributed by atoms with Crippen LogP contribution < -0.4 is 14.7 Å². The number of hydrogen-bond acceptors (Lipinski definition) is 6. The number of amides is 2. The highest BCUT2D eigenvalue weighted by Crippen LogP contribution is 2.42. The van der Waals surface area contributed by atoms with Crippen LogP contribution in [0.2, 0.25) is 0 Å². The Kier molecular flexibility index (Phi) is 5.28. The Morgan fingerprint density at radius 2 is 1.38 bits per heavy atom. The normalized spacial score (nSPS) is 23.4. The first-order chi connectivity index (χ1) is 15.5. The number of piperazine rings is 1. The van der Waals surface area contributed by atoms with E-state index in [4.69, 9.17) is 0 Å². The van der Waals surface area contributed by atoms with Crippen LogP contribution in [0, 0.1) is 22.0 Å². The SMILES string of the molecule is O=C1C2CCCCC2C(=O)N1c1ccc(N2CCN(c3ccccc3)CC2)c([N+](=O)[O-])c1. The highest BCUT2D eigenvalue weighted by Gasteiger charge is 2.49. The third-order valence-electron chi connectivity index (χ3n) is 7.00. The molecule has 2 amide bonds. The van der Waals surface area contributed by atoms with Gasteiger partial charge in [-0.25, -0.2) is 4.90 Å². The minimum Gasteiger partial charge on any atom is -0.368 e. The van der Waals surface area contributed by atoms with Crippen molar-refractivity contribution in [2.24, 2.45) is 11.8 Å². The molecule has 2 unspecified atom stereocenters. The molecule has 0 N–H and O–H groups in total. The maximum absolute atomic E-state index is 12.9. The highest BCUT2D eigenvalue weighted by molar-refractivity contribution is 6.22. The van der Waals surface area contributed by atoms with Gasteiger partial charge in [0.05, 0.1) is 22.4 Å². The van der Waals surface area contributed by atoms with Gasteiger partial charge in [-0.2, -0.15) is 0 Å². The van der Waals surface area contributed by atoms with E-state index in [0.29, 0.717) is 24.5 Å². The number of imide groups is 1. The molecule has 1 saturated carbocycles. The fraction of sp³-hybridized carbons (Fsp3) is 0.417. The average molecular weight is 434 g/mol. The summed E-state index contributed by atoms with van der Waals surface area (Å²) >= 11 is 0. The third kappa shape index (κ3) is 3.49. The first-order valence-corrected chi connectivity index (χ1v) is 11.3. The molecule has 0 aromatic heterocycles. The van der Waals surface area contributed by atoms with Crippen molar-refractivity contribution in [1.82, 2.24) is 0 Å². The summed E-state index contributed by atoms with van der Waals surface area (Å²) in [5.74, 6) is -0.974. The van der Waals surface area contributed by atoms with Crippen LogP contribution in [-0.4, -0.2) is 42.9 Å². The molecule has 2 aliphatic heterocycles. The molecule has 8 nitrogen and oxygen atoms in total. The summed E-state index contributed by atoms with van der Waals surface area (Å²) in [5.41, 5.74) is 1.92. The molecule has 8 heteroatoms. The largest absolute Gasteiger partial charge is 0.368 e. The maximum Gasteiger partial charge on any atom is 0.294 e. The number of nitro benzene ring substituents is 1. The lowest BCUT2D eigenvalue weighted by Crippen LogP contribution is -2.46. The van der Waals surface area contributed by atoms with Crippen LogP contribution >= 0.6 is 0 Å². The molecule has 5 rings (SSSR count). The second kappa shape index (κ2) is 8.26. The second-order valence-corrected chi connectivity index (χ2v) is 8.75. The number of benzene rings is 2. The van der Waals surface area contributed by atoms with Gasteiger partial charge < -0.3 is 9.80 Å². The molecular weight excluding hydrogens is 408 g/mol. The van der Waals surface area contributed by atoms with Gasteiger partial charge in [-0.05, 0) is 37.1 Å². The maximum atomic E-state index is 12.9. The molecule has 2 atom stereocenters. The van der Waals surface area contributed by atoms with Crippen molar-refractivity contribution in [3.63, 3.8) is 0 Å². The van der Waals surface area contributed by atoms with E-state index in [1.54, 1.807) is 12.1 Å². The highest BCUT2D eigenvalue weighted by atomic mass is 16.6. The van der Waals surface area contributed by atoms with Gasteiger partial charge in [0.1, 0.15) is 5.69 Å². The predicted molar refractivity (Wildman–Crippen MR) is 122 cm³/mol. The van der Waals surface area contributed by atoms with E-state index in [-0.39, 0.29) is 29.3 Å². The van der Waals surface area contributed by atoms with Gasteiger partial charge in [0.25, 0.3) is 5.69 Å². The van der Waals surface area contributed by atoms with Crippen molar-refractivity contribution in [3.05, 3.63) is 58.6 Å². The number of rotatable bonds is 4. The zero-order chi connectivity index (χ0) is 22.2. The van der Waals surface area contributed by atoms with Gasteiger partial charge in [0.2, 0.25) is 11.8 Å². The summed E-state index contributed by atoms with van der Waals surface area (Å²) in [4.78, 5) is 42.8. The zero-order valence-corrected chi connectivity index (χ0v) is 17.9. The van der Waals surface area contributed by atoms with Crippen LogP contribution in [0.15, 0.2) is 48.5 Å². The summed E-state index contributed by atoms with van der Waals surface area (Å²) in [7, 11) is 0. The number of anilines is 3. The van der Waals surface area contributed by atoms with Crippen LogP contribution in [0.1, 0.15) is 25.7 Å². The quantitative estimate of drug-likeness (QED) is 0.415. The molecule has 3 aliphatic rings. The van der Waals surface area contributed by atoms with Gasteiger partial charge >= 0.3 is 0 Å². The van der Waals surface area contributed by atoms with Gasteiger partial charge in [0.15, 0.2) is 0 Å². The Morgan fingerprint density at radius 3 is 1.97 bits per heavy atom. The Bertz CT molecular complexity index is 1030. The number of carbonyl (C=O) groups excluding carboxylic acids is 2. The number of nitrogens with zero attached hydrogens (tertiary/aromatic N) is 4. The molecular formula is C24H26N4O4. The van der Waals surface area contributed by atoms with Gasteiger partial charge in [0, 0.05) is 37.9 Å². The van der Waals surface area contributed by atoms with E-state index in [1.807, 2.05) is 23.1 Å². The summed E-state index contributed by atoms with van der Waals surface area (Å²) in [6, 6.07) is 14.9. The molecule has 1 aliphatic carbocycles. The lowest BCUT2D eigenvalue weighted by atomic mass is 9.81. The predicted octanol–water partition coefficient (Wildman–Crippen LogP) is 3.60. The summed E-state index contributed by atoms with van der Waals surface area (Å²) in [6.07, 6.45) is 3.33. The molecule has 3 fully saturated rings. The smallest absolute Gasteiger partial charge is 0.294 e. The van der Waals surface area contributed by atoms with Gasteiger partial charge in [-0.3, -0.25) is 19.7 Å². The van der Waals surface area contributed by atoms with E-state index in [0.717, 1.165) is 44.5 Å². The van der Waals surface area contributed by atoms with Crippen molar-refractivity contribution >= 4 is 34.6 Å². The van der Waals surface area contributed by atoms with E-state index in [9.17, 15) is 19.7 Å². The fourth-order valence-corrected chi connectivity index (χ4v) is 5.33. The number of para-hydroxylation sites is 1. The van der Waals surface area contributed by atoms with E-state index in [1.165, 1.54) is 11.0 Å². The molecule has 2 heterocycles. The number of carbonyl (C=O) groups is 2. The minimum atomic E-state index is -0.416. The fourth-order valence-electron chi connectivity index (χ4n) is 5.33. The summed E-state index contributed by atoms with van der Waals surface area (Å²) in [5, 5.41) is 11.9. The summed E-state index contributed by atoms with van der Waals surface area (Å²) < 4.78 is 0. The second-order valence-electron chi connectivity index (χ2n) is 8.75. The molecule has 0 bridgehead atoms. The van der Waals surface area contributed by atoms with Crippen LogP contribution in [0.4, 0.5) is 22.7 Å². The van der Waals surface area contributed by atoms with E-state index >= 15 is 0 Å². The number of fused-ring (bicyclic) bond motifs is 1. The van der Waals surface area contributed by atoms with E-state index in [2.05, 4.69) is 17.0 Å². The van der Waals surface area contributed by atoms with Crippen LogP contribution in [-0.2, 0) is 9.59 Å². The topological polar surface area (TPSA) is 87.0 Å². The van der Waals surface area contributed by atoms with Crippen molar-refractivity contribution in [1.29, 1.82) is 0 Å². The van der Waals surface area contributed by atoms with Crippen molar-refractivity contribution in [2.45, 2.75) is 25.7 Å². The Morgan fingerprint density at radius 1 is 0.781 bits per heavy atom. The first-order valence-electron chi connectivity index (χ1n) is 11.3. The lowest BCUT2D eigenvalue weighted by molar-refractivity contribution is -0.384. The van der Waals surface area contributed by atoms with Crippen LogP contribution in [0.5, 0.6) is 0 Å². The Hall–Kier alpha value is -3.42. The standard InChI is InChI=1S/C24H26N4O4/c29-23-19-8-4-5-9-20(19)24(30)27(23)18-10-11-21(22(16-18)28(31)32)26-14-12-25(13-15-26)17-6-2-1-3-7-17/h1-3,6-7,10-11,16,19-20H,4-5,8-9,12-15H2. The molecule has 32 heavy (non-hydrogen) atoms. The third-order valence-corrected chi connectivity index (χ3v) is 7.00. The number of nitro groups is 1. The molecule has 2 aromatic rings. The van der Waals surface area contributed by atoms with Crippen molar-refractivity contribution in [2.75, 3.05) is 40.9 Å². The average Bonchev–Trinajstić information content (AvgIpc) is 3.09.